The molecule has 0 saturated carbocycles. The molecule has 1 atom stereocenters. The van der Waals surface area contributed by atoms with Crippen LogP contribution in [0, 0.1) is 0 Å². The molecule has 0 saturated heterocycles. The summed E-state index contributed by atoms with van der Waals surface area (Å²) in [6.45, 7) is 6.94. The number of carbonyl (C=O) groups is 1. The molecule has 0 aliphatic heterocycles. The molecule has 1 unspecified atom stereocenters. The molecule has 0 aromatic heterocycles. The fourth-order valence-electron chi connectivity index (χ4n) is 1.38. The summed E-state index contributed by atoms with van der Waals surface area (Å²) in [6, 6.07) is 5.11. The minimum absolute atomic E-state index is 0.00827. The smallest absolute Gasteiger partial charge is 0.159 e. The van der Waals surface area contributed by atoms with Gasteiger partial charge < -0.3 is 10.8 Å². The predicted molar refractivity (Wildman–Crippen MR) is 65.4 cm³/mol. The fourth-order valence-corrected chi connectivity index (χ4v) is 1.38. The molecule has 0 bridgehead atoms. The van der Waals surface area contributed by atoms with Crippen molar-refractivity contribution in [1.82, 2.24) is 0 Å². The molecule has 16 heavy (non-hydrogen) atoms. The van der Waals surface area contributed by atoms with Crippen LogP contribution in [-0.4, -0.2) is 17.0 Å². The van der Waals surface area contributed by atoms with E-state index in [0.717, 1.165) is 5.56 Å². The monoisotopic (exact) mass is 219 g/mol. The van der Waals surface area contributed by atoms with Gasteiger partial charge in [-0.05, 0) is 37.6 Å². The van der Waals surface area contributed by atoms with Crippen LogP contribution in [0.4, 0.5) is 5.69 Å². The Morgan fingerprint density at radius 3 is 2.62 bits per heavy atom. The summed E-state index contributed by atoms with van der Waals surface area (Å²) < 4.78 is 0. The Balaban J connectivity index is 2.98. The highest BCUT2D eigenvalue weighted by atomic mass is 16.3. The minimum Gasteiger partial charge on any atom is -0.399 e. The van der Waals surface area contributed by atoms with E-state index < -0.39 is 6.10 Å². The highest BCUT2D eigenvalue weighted by Crippen LogP contribution is 2.18. The average molecular weight is 219 g/mol. The molecule has 0 aliphatic carbocycles. The van der Waals surface area contributed by atoms with Gasteiger partial charge in [0.15, 0.2) is 5.78 Å². The Morgan fingerprint density at radius 2 is 2.12 bits per heavy atom. The first kappa shape index (κ1) is 12.5. The quantitative estimate of drug-likeness (QED) is 0.462. The van der Waals surface area contributed by atoms with Gasteiger partial charge in [0.25, 0.3) is 0 Å². The predicted octanol–water partition coefficient (Wildman–Crippen LogP) is 1.95. The number of aliphatic hydroxyl groups is 1. The van der Waals surface area contributed by atoms with E-state index in [-0.39, 0.29) is 5.78 Å². The Kier molecular flexibility index (Phi) is 3.85. The maximum Gasteiger partial charge on any atom is 0.159 e. The van der Waals surface area contributed by atoms with Crippen LogP contribution >= 0.6 is 0 Å². The minimum atomic E-state index is -0.621. The Hall–Kier alpha value is -1.61. The first-order valence-electron chi connectivity index (χ1n) is 5.14. The van der Waals surface area contributed by atoms with E-state index in [1.165, 1.54) is 6.92 Å². The van der Waals surface area contributed by atoms with E-state index in [9.17, 15) is 9.90 Å². The summed E-state index contributed by atoms with van der Waals surface area (Å²) in [6.07, 6.45) is -0.230. The zero-order chi connectivity index (χ0) is 12.3. The number of nitrogen functional groups attached to an aromatic ring is 1. The second kappa shape index (κ2) is 4.94. The lowest BCUT2D eigenvalue weighted by molar-refractivity contribution is 0.101. The van der Waals surface area contributed by atoms with Gasteiger partial charge in [0.1, 0.15) is 0 Å². The van der Waals surface area contributed by atoms with E-state index in [1.807, 2.05) is 0 Å². The summed E-state index contributed by atoms with van der Waals surface area (Å²) in [5.41, 5.74) is 8.45. The van der Waals surface area contributed by atoms with Crippen LogP contribution in [-0.2, 0) is 6.42 Å². The SMILES string of the molecule is C=C(C)C(O)Cc1cc(C(C)=O)ccc1N. The van der Waals surface area contributed by atoms with Crippen molar-refractivity contribution in [1.29, 1.82) is 0 Å². The Bertz CT molecular complexity index is 424. The molecule has 0 aliphatic rings. The first-order chi connectivity index (χ1) is 7.41. The van der Waals surface area contributed by atoms with Gasteiger partial charge in [-0.15, -0.1) is 0 Å². The molecule has 0 fully saturated rings. The van der Waals surface area contributed by atoms with Gasteiger partial charge in [-0.1, -0.05) is 12.2 Å². The lowest BCUT2D eigenvalue weighted by atomic mass is 9.99. The third-order valence-corrected chi connectivity index (χ3v) is 2.53. The number of nitrogens with two attached hydrogens (primary N) is 1. The normalized spacial score (nSPS) is 12.2. The molecule has 0 spiro atoms. The largest absolute Gasteiger partial charge is 0.399 e. The lowest BCUT2D eigenvalue weighted by Crippen LogP contribution is -2.13. The second-order valence-electron chi connectivity index (χ2n) is 4.04. The van der Waals surface area contributed by atoms with Crippen LogP contribution in [0.25, 0.3) is 0 Å². The summed E-state index contributed by atoms with van der Waals surface area (Å²) in [4.78, 5) is 11.2. The number of ketones is 1. The van der Waals surface area contributed by atoms with Gasteiger partial charge in [0, 0.05) is 17.7 Å². The summed E-state index contributed by atoms with van der Waals surface area (Å²) in [7, 11) is 0. The number of aliphatic hydroxyl groups excluding tert-OH is 1. The van der Waals surface area contributed by atoms with Crippen LogP contribution in [0.15, 0.2) is 30.4 Å². The van der Waals surface area contributed by atoms with Crippen LogP contribution in [0.3, 0.4) is 0 Å². The van der Waals surface area contributed by atoms with E-state index in [0.29, 0.717) is 23.2 Å². The van der Waals surface area contributed by atoms with E-state index in [4.69, 9.17) is 5.73 Å². The van der Waals surface area contributed by atoms with Gasteiger partial charge in [0.05, 0.1) is 6.10 Å². The van der Waals surface area contributed by atoms with Gasteiger partial charge in [0.2, 0.25) is 0 Å². The van der Waals surface area contributed by atoms with Crippen LogP contribution in [0.2, 0.25) is 0 Å². The third kappa shape index (κ3) is 2.94. The zero-order valence-electron chi connectivity index (χ0n) is 9.66. The molecule has 3 N–H and O–H groups in total. The van der Waals surface area contributed by atoms with Crippen LogP contribution < -0.4 is 5.73 Å². The number of rotatable bonds is 4. The number of carbonyl (C=O) groups excluding carboxylic acids is 1. The maximum atomic E-state index is 11.2. The highest BCUT2D eigenvalue weighted by Gasteiger charge is 2.10. The zero-order valence-corrected chi connectivity index (χ0v) is 9.66. The van der Waals surface area contributed by atoms with Gasteiger partial charge in [-0.25, -0.2) is 0 Å². The standard InChI is InChI=1S/C13H17NO2/c1-8(2)13(16)7-11-6-10(9(3)15)4-5-12(11)14/h4-6,13,16H,1,7,14H2,2-3H3. The van der Waals surface area contributed by atoms with Crippen molar-refractivity contribution >= 4 is 11.5 Å². The molecule has 0 heterocycles. The summed E-state index contributed by atoms with van der Waals surface area (Å²) in [5.74, 6) is -0.00827. The molecule has 3 heteroatoms. The third-order valence-electron chi connectivity index (χ3n) is 2.53. The molecule has 1 rings (SSSR count). The van der Waals surface area contributed by atoms with Crippen molar-refractivity contribution in [3.05, 3.63) is 41.5 Å². The number of anilines is 1. The highest BCUT2D eigenvalue weighted by molar-refractivity contribution is 5.94. The average Bonchev–Trinajstić information content (AvgIpc) is 2.20. The van der Waals surface area contributed by atoms with Gasteiger partial charge in [-0.3, -0.25) is 4.79 Å². The molecule has 86 valence electrons. The maximum absolute atomic E-state index is 11.2. The van der Waals surface area contributed by atoms with Crippen LogP contribution in [0.1, 0.15) is 29.8 Å². The number of hydrogen-bond donors (Lipinski definition) is 2. The molecule has 0 radical (unpaired) electrons. The fraction of sp³-hybridized carbons (Fsp3) is 0.308. The van der Waals surface area contributed by atoms with E-state index in [2.05, 4.69) is 6.58 Å². The number of hydrogen-bond acceptors (Lipinski definition) is 3. The molecule has 3 nitrogen and oxygen atoms in total. The van der Waals surface area contributed by atoms with Gasteiger partial charge >= 0.3 is 0 Å². The van der Waals surface area contributed by atoms with Crippen molar-refractivity contribution in [2.24, 2.45) is 0 Å². The van der Waals surface area contributed by atoms with Crippen LogP contribution in [0.5, 0.6) is 0 Å². The molecular formula is C13H17NO2. The molecule has 1 aromatic rings. The van der Waals surface area contributed by atoms with Gasteiger partial charge in [-0.2, -0.15) is 0 Å². The lowest BCUT2D eigenvalue weighted by Gasteiger charge is -2.12. The van der Waals surface area contributed by atoms with Crippen molar-refractivity contribution in [3.63, 3.8) is 0 Å². The molecule has 1 aromatic carbocycles. The topological polar surface area (TPSA) is 63.3 Å². The summed E-state index contributed by atoms with van der Waals surface area (Å²) in [5, 5.41) is 9.69. The number of benzene rings is 1. The van der Waals surface area contributed by atoms with Crippen molar-refractivity contribution in [2.75, 3.05) is 5.73 Å². The molecular weight excluding hydrogens is 202 g/mol. The van der Waals surface area contributed by atoms with E-state index >= 15 is 0 Å². The van der Waals surface area contributed by atoms with Crippen molar-refractivity contribution in [2.45, 2.75) is 26.4 Å². The first-order valence-corrected chi connectivity index (χ1v) is 5.14. The van der Waals surface area contributed by atoms with Crippen molar-refractivity contribution < 1.29 is 9.90 Å². The summed E-state index contributed by atoms with van der Waals surface area (Å²) >= 11 is 0. The Morgan fingerprint density at radius 1 is 1.50 bits per heavy atom. The Labute approximate surface area is 95.6 Å². The molecule has 0 amide bonds. The van der Waals surface area contributed by atoms with Crippen molar-refractivity contribution in [3.8, 4) is 0 Å². The number of Topliss-reactive ketones (excluding diaryl/α,β-unsaturated/α-hetero) is 1. The van der Waals surface area contributed by atoms with E-state index in [1.54, 1.807) is 25.1 Å². The second-order valence-corrected chi connectivity index (χ2v) is 4.04.